The summed E-state index contributed by atoms with van der Waals surface area (Å²) in [6.07, 6.45) is 3.43. The molecule has 0 saturated carbocycles. The lowest BCUT2D eigenvalue weighted by molar-refractivity contribution is 0.404. The third kappa shape index (κ3) is 2.88. The van der Waals surface area contributed by atoms with Crippen LogP contribution in [0.15, 0.2) is 36.7 Å². The molecule has 1 heterocycles. The van der Waals surface area contributed by atoms with E-state index in [4.69, 9.17) is 9.47 Å². The average Bonchev–Trinajstić information content (AvgIpc) is 2.45. The molecule has 2 aromatic rings. The molecule has 1 N–H and O–H groups in total. The Morgan fingerprint density at radius 3 is 2.56 bits per heavy atom. The van der Waals surface area contributed by atoms with Crippen molar-refractivity contribution in [3.8, 4) is 11.5 Å². The molecule has 0 aliphatic heterocycles. The second-order valence-electron chi connectivity index (χ2n) is 3.58. The van der Waals surface area contributed by atoms with Crippen LogP contribution in [0.1, 0.15) is 5.82 Å². The lowest BCUT2D eigenvalue weighted by Gasteiger charge is -2.11. The van der Waals surface area contributed by atoms with E-state index in [2.05, 4.69) is 15.3 Å². The first-order valence-corrected chi connectivity index (χ1v) is 5.55. The maximum Gasteiger partial charge on any atom is 0.147 e. The second kappa shape index (κ2) is 5.86. The van der Waals surface area contributed by atoms with Gasteiger partial charge in [0.1, 0.15) is 17.3 Å². The largest absolute Gasteiger partial charge is 0.497 e. The molecular weight excluding hydrogens is 230 g/mol. The van der Waals surface area contributed by atoms with Crippen LogP contribution in [-0.2, 0) is 6.54 Å². The lowest BCUT2D eigenvalue weighted by Crippen LogP contribution is -2.04. The van der Waals surface area contributed by atoms with Crippen molar-refractivity contribution < 1.29 is 9.47 Å². The van der Waals surface area contributed by atoms with Crippen LogP contribution in [-0.4, -0.2) is 24.2 Å². The zero-order valence-corrected chi connectivity index (χ0v) is 10.4. The summed E-state index contributed by atoms with van der Waals surface area (Å²) < 4.78 is 10.5. The van der Waals surface area contributed by atoms with E-state index in [1.807, 2.05) is 18.2 Å². The normalized spacial score (nSPS) is 9.89. The number of nitrogens with zero attached hydrogens (tertiary/aromatic N) is 2. The van der Waals surface area contributed by atoms with Gasteiger partial charge in [0.2, 0.25) is 0 Å². The molecule has 2 rings (SSSR count). The zero-order chi connectivity index (χ0) is 12.8. The molecule has 18 heavy (non-hydrogen) atoms. The van der Waals surface area contributed by atoms with Crippen molar-refractivity contribution in [3.63, 3.8) is 0 Å². The molecule has 0 amide bonds. The minimum Gasteiger partial charge on any atom is -0.497 e. The molecule has 5 nitrogen and oxygen atoms in total. The quantitative estimate of drug-likeness (QED) is 0.874. The van der Waals surface area contributed by atoms with E-state index in [0.29, 0.717) is 6.54 Å². The molecule has 0 atom stereocenters. The molecule has 1 aromatic heterocycles. The van der Waals surface area contributed by atoms with Gasteiger partial charge in [-0.3, -0.25) is 0 Å². The second-order valence-corrected chi connectivity index (χ2v) is 3.58. The Kier molecular flexibility index (Phi) is 3.96. The molecule has 0 radical (unpaired) electrons. The molecule has 0 spiro atoms. The standard InChI is InChI=1S/C13H15N3O2/c1-17-10-4-5-12(18-2)11(8-10)16-9-13-14-6-3-7-15-13/h3-8,16H,9H2,1-2H3. The van der Waals surface area contributed by atoms with E-state index in [1.165, 1.54) is 0 Å². The first kappa shape index (κ1) is 12.2. The fraction of sp³-hybridized carbons (Fsp3) is 0.231. The van der Waals surface area contributed by atoms with E-state index in [1.54, 1.807) is 32.7 Å². The average molecular weight is 245 g/mol. The van der Waals surface area contributed by atoms with Gasteiger partial charge in [-0.25, -0.2) is 9.97 Å². The molecule has 5 heteroatoms. The maximum atomic E-state index is 5.27. The van der Waals surface area contributed by atoms with Crippen molar-refractivity contribution in [2.45, 2.75) is 6.54 Å². The van der Waals surface area contributed by atoms with Gasteiger partial charge >= 0.3 is 0 Å². The zero-order valence-electron chi connectivity index (χ0n) is 10.4. The Morgan fingerprint density at radius 2 is 1.89 bits per heavy atom. The van der Waals surface area contributed by atoms with Crippen LogP contribution >= 0.6 is 0 Å². The number of benzene rings is 1. The summed E-state index contributed by atoms with van der Waals surface area (Å²) in [4.78, 5) is 8.29. The van der Waals surface area contributed by atoms with Gasteiger partial charge < -0.3 is 14.8 Å². The molecule has 0 fully saturated rings. The Morgan fingerprint density at radius 1 is 1.11 bits per heavy atom. The van der Waals surface area contributed by atoms with Gasteiger partial charge in [-0.15, -0.1) is 0 Å². The SMILES string of the molecule is COc1ccc(OC)c(NCc2ncccn2)c1. The van der Waals surface area contributed by atoms with Crippen LogP contribution < -0.4 is 14.8 Å². The third-order valence-electron chi connectivity index (χ3n) is 2.46. The molecule has 94 valence electrons. The summed E-state index contributed by atoms with van der Waals surface area (Å²) in [6, 6.07) is 7.37. The maximum absolute atomic E-state index is 5.27. The topological polar surface area (TPSA) is 56.3 Å². The summed E-state index contributed by atoms with van der Waals surface area (Å²) in [5.74, 6) is 2.25. The smallest absolute Gasteiger partial charge is 0.147 e. The highest BCUT2D eigenvalue weighted by Gasteiger charge is 2.05. The van der Waals surface area contributed by atoms with Crippen LogP contribution in [0.3, 0.4) is 0 Å². The molecule has 0 aliphatic carbocycles. The number of aromatic nitrogens is 2. The van der Waals surface area contributed by atoms with Crippen molar-refractivity contribution >= 4 is 5.69 Å². The van der Waals surface area contributed by atoms with Crippen LogP contribution in [0, 0.1) is 0 Å². The third-order valence-corrected chi connectivity index (χ3v) is 2.46. The van der Waals surface area contributed by atoms with Crippen LogP contribution in [0.2, 0.25) is 0 Å². The van der Waals surface area contributed by atoms with Crippen LogP contribution in [0.25, 0.3) is 0 Å². The van der Waals surface area contributed by atoms with Gasteiger partial charge in [0.15, 0.2) is 0 Å². The van der Waals surface area contributed by atoms with Crippen molar-refractivity contribution in [1.82, 2.24) is 9.97 Å². The van der Waals surface area contributed by atoms with Crippen molar-refractivity contribution in [3.05, 3.63) is 42.5 Å². The monoisotopic (exact) mass is 245 g/mol. The molecule has 0 bridgehead atoms. The van der Waals surface area contributed by atoms with E-state index in [9.17, 15) is 0 Å². The van der Waals surface area contributed by atoms with Crippen molar-refractivity contribution in [2.24, 2.45) is 0 Å². The fourth-order valence-corrected chi connectivity index (χ4v) is 1.55. The summed E-state index contributed by atoms with van der Waals surface area (Å²) >= 11 is 0. The molecule has 0 aliphatic rings. The molecular formula is C13H15N3O2. The Labute approximate surface area is 106 Å². The number of ether oxygens (including phenoxy) is 2. The van der Waals surface area contributed by atoms with E-state index < -0.39 is 0 Å². The predicted molar refractivity (Wildman–Crippen MR) is 68.9 cm³/mol. The van der Waals surface area contributed by atoms with Crippen molar-refractivity contribution in [2.75, 3.05) is 19.5 Å². The summed E-state index contributed by atoms with van der Waals surface area (Å²) in [6.45, 7) is 0.532. The number of rotatable bonds is 5. The minimum absolute atomic E-state index is 0.532. The predicted octanol–water partition coefficient (Wildman–Crippen LogP) is 2.11. The van der Waals surface area contributed by atoms with E-state index >= 15 is 0 Å². The number of anilines is 1. The number of methoxy groups -OCH3 is 2. The van der Waals surface area contributed by atoms with Gasteiger partial charge in [0.25, 0.3) is 0 Å². The Balaban J connectivity index is 2.12. The summed E-state index contributed by atoms with van der Waals surface area (Å²) in [7, 11) is 3.26. The van der Waals surface area contributed by atoms with Gasteiger partial charge in [0.05, 0.1) is 26.5 Å². The summed E-state index contributed by atoms with van der Waals surface area (Å²) in [5, 5.41) is 3.23. The van der Waals surface area contributed by atoms with E-state index in [-0.39, 0.29) is 0 Å². The van der Waals surface area contributed by atoms with Gasteiger partial charge in [-0.1, -0.05) is 0 Å². The lowest BCUT2D eigenvalue weighted by atomic mass is 10.2. The molecule has 1 aromatic carbocycles. The van der Waals surface area contributed by atoms with Crippen LogP contribution in [0.4, 0.5) is 5.69 Å². The van der Waals surface area contributed by atoms with Gasteiger partial charge in [-0.2, -0.15) is 0 Å². The van der Waals surface area contributed by atoms with E-state index in [0.717, 1.165) is 23.0 Å². The van der Waals surface area contributed by atoms with Gasteiger partial charge in [0, 0.05) is 18.5 Å². The molecule has 0 saturated heterocycles. The highest BCUT2D eigenvalue weighted by Crippen LogP contribution is 2.28. The highest BCUT2D eigenvalue weighted by atomic mass is 16.5. The number of nitrogens with one attached hydrogen (secondary N) is 1. The minimum atomic E-state index is 0.532. The fourth-order valence-electron chi connectivity index (χ4n) is 1.55. The first-order valence-electron chi connectivity index (χ1n) is 5.55. The Bertz CT molecular complexity index is 503. The number of hydrogen-bond acceptors (Lipinski definition) is 5. The van der Waals surface area contributed by atoms with Gasteiger partial charge in [-0.05, 0) is 18.2 Å². The highest BCUT2D eigenvalue weighted by molar-refractivity contribution is 5.59. The molecule has 0 unspecified atom stereocenters. The Hall–Kier alpha value is -2.30. The number of hydrogen-bond donors (Lipinski definition) is 1. The first-order chi connectivity index (χ1) is 8.83. The summed E-state index contributed by atoms with van der Waals surface area (Å²) in [5.41, 5.74) is 0.851. The van der Waals surface area contributed by atoms with Crippen LogP contribution in [0.5, 0.6) is 11.5 Å². The van der Waals surface area contributed by atoms with Crippen molar-refractivity contribution in [1.29, 1.82) is 0 Å².